The zero-order valence-electron chi connectivity index (χ0n) is 10.6. The maximum absolute atomic E-state index is 6.15. The van der Waals surface area contributed by atoms with E-state index in [0.29, 0.717) is 24.0 Å². The molecule has 1 rings (SSSR count). The predicted molar refractivity (Wildman–Crippen MR) is 71.0 cm³/mol. The van der Waals surface area contributed by atoms with Crippen LogP contribution in [0.15, 0.2) is 12.1 Å². The lowest BCUT2D eigenvalue weighted by atomic mass is 10.0. The highest BCUT2D eigenvalue weighted by Gasteiger charge is 2.15. The third kappa shape index (κ3) is 3.51. The molecule has 0 aromatic heterocycles. The minimum atomic E-state index is -0.0651. The van der Waals surface area contributed by atoms with Crippen LogP contribution in [0.25, 0.3) is 0 Å². The van der Waals surface area contributed by atoms with E-state index in [1.54, 1.807) is 0 Å². The quantitative estimate of drug-likeness (QED) is 0.848. The monoisotopic (exact) mass is 257 g/mol. The first-order valence-corrected chi connectivity index (χ1v) is 6.36. The van der Waals surface area contributed by atoms with Crippen LogP contribution in [0, 0.1) is 0 Å². The van der Waals surface area contributed by atoms with Gasteiger partial charge in [0.1, 0.15) is 11.5 Å². The van der Waals surface area contributed by atoms with Gasteiger partial charge in [-0.25, -0.2) is 0 Å². The van der Waals surface area contributed by atoms with Gasteiger partial charge in [-0.05, 0) is 26.3 Å². The van der Waals surface area contributed by atoms with Crippen molar-refractivity contribution in [1.29, 1.82) is 0 Å². The molecule has 17 heavy (non-hydrogen) atoms. The fraction of sp³-hybridized carbons (Fsp3) is 0.538. The molecular formula is C13H20ClNO2. The normalized spacial score (nSPS) is 12.3. The van der Waals surface area contributed by atoms with E-state index in [1.807, 2.05) is 32.9 Å². The van der Waals surface area contributed by atoms with E-state index in [2.05, 4.69) is 0 Å². The molecule has 0 radical (unpaired) electrons. The second-order valence-electron chi connectivity index (χ2n) is 3.70. The van der Waals surface area contributed by atoms with Crippen molar-refractivity contribution in [2.45, 2.75) is 33.2 Å². The van der Waals surface area contributed by atoms with Gasteiger partial charge in [0, 0.05) is 17.7 Å². The second kappa shape index (κ2) is 6.72. The number of nitrogens with two attached hydrogens (primary N) is 1. The van der Waals surface area contributed by atoms with Crippen molar-refractivity contribution in [1.82, 2.24) is 0 Å². The van der Waals surface area contributed by atoms with E-state index in [-0.39, 0.29) is 6.04 Å². The Hall–Kier alpha value is -0.930. The van der Waals surface area contributed by atoms with Crippen LogP contribution in [0.2, 0.25) is 5.02 Å². The molecule has 0 amide bonds. The van der Waals surface area contributed by atoms with Crippen LogP contribution in [0.4, 0.5) is 0 Å². The summed E-state index contributed by atoms with van der Waals surface area (Å²) in [5.74, 6) is 1.40. The zero-order valence-corrected chi connectivity index (χ0v) is 11.4. The molecule has 4 heteroatoms. The van der Waals surface area contributed by atoms with Crippen molar-refractivity contribution in [2.75, 3.05) is 13.2 Å². The summed E-state index contributed by atoms with van der Waals surface area (Å²) in [5.41, 5.74) is 6.97. The Bertz CT molecular complexity index is 369. The maximum atomic E-state index is 6.15. The number of hydrogen-bond donors (Lipinski definition) is 1. The van der Waals surface area contributed by atoms with Gasteiger partial charge in [-0.3, -0.25) is 0 Å². The number of benzene rings is 1. The molecule has 0 fully saturated rings. The van der Waals surface area contributed by atoms with E-state index in [1.165, 1.54) is 0 Å². The first kappa shape index (κ1) is 14.1. The predicted octanol–water partition coefficient (Wildman–Crippen LogP) is 3.55. The molecule has 1 aromatic carbocycles. The molecule has 96 valence electrons. The number of ether oxygens (including phenoxy) is 2. The van der Waals surface area contributed by atoms with Crippen LogP contribution in [0.3, 0.4) is 0 Å². The summed E-state index contributed by atoms with van der Waals surface area (Å²) in [5, 5.41) is 0.578. The van der Waals surface area contributed by atoms with Crippen molar-refractivity contribution < 1.29 is 9.47 Å². The Morgan fingerprint density at radius 1 is 1.12 bits per heavy atom. The summed E-state index contributed by atoms with van der Waals surface area (Å²) in [6, 6.07) is 3.59. The van der Waals surface area contributed by atoms with Gasteiger partial charge >= 0.3 is 0 Å². The van der Waals surface area contributed by atoms with Gasteiger partial charge in [0.25, 0.3) is 0 Å². The summed E-state index contributed by atoms with van der Waals surface area (Å²) in [7, 11) is 0. The SMILES string of the molecule is CCOc1cc(OCC)c(C(N)CC)cc1Cl. The minimum absolute atomic E-state index is 0.0651. The summed E-state index contributed by atoms with van der Waals surface area (Å²) in [6.45, 7) is 7.06. The molecule has 3 nitrogen and oxygen atoms in total. The lowest BCUT2D eigenvalue weighted by Crippen LogP contribution is -2.11. The van der Waals surface area contributed by atoms with E-state index >= 15 is 0 Å². The summed E-state index contributed by atoms with van der Waals surface area (Å²) in [4.78, 5) is 0. The van der Waals surface area contributed by atoms with Crippen molar-refractivity contribution >= 4 is 11.6 Å². The Morgan fingerprint density at radius 2 is 1.71 bits per heavy atom. The third-order valence-corrected chi connectivity index (χ3v) is 2.80. The smallest absolute Gasteiger partial charge is 0.141 e. The van der Waals surface area contributed by atoms with Crippen LogP contribution in [-0.4, -0.2) is 13.2 Å². The Labute approximate surface area is 108 Å². The van der Waals surface area contributed by atoms with Gasteiger partial charge in [0.2, 0.25) is 0 Å². The summed E-state index contributed by atoms with van der Waals surface area (Å²) in [6.07, 6.45) is 0.838. The first-order chi connectivity index (χ1) is 8.13. The summed E-state index contributed by atoms with van der Waals surface area (Å²) >= 11 is 6.15. The third-order valence-electron chi connectivity index (χ3n) is 2.50. The van der Waals surface area contributed by atoms with Gasteiger partial charge < -0.3 is 15.2 Å². The van der Waals surface area contributed by atoms with Gasteiger partial charge in [-0.2, -0.15) is 0 Å². The summed E-state index contributed by atoms with van der Waals surface area (Å²) < 4.78 is 11.0. The van der Waals surface area contributed by atoms with Crippen molar-refractivity contribution in [3.8, 4) is 11.5 Å². The van der Waals surface area contributed by atoms with Crippen LogP contribution in [0.1, 0.15) is 38.8 Å². The van der Waals surface area contributed by atoms with Gasteiger partial charge in [-0.15, -0.1) is 0 Å². The van der Waals surface area contributed by atoms with Crippen LogP contribution in [-0.2, 0) is 0 Å². The highest BCUT2D eigenvalue weighted by atomic mass is 35.5. The fourth-order valence-corrected chi connectivity index (χ4v) is 1.83. The fourth-order valence-electron chi connectivity index (χ4n) is 1.61. The molecule has 0 bridgehead atoms. The molecule has 0 aliphatic carbocycles. The molecule has 1 unspecified atom stereocenters. The van der Waals surface area contributed by atoms with Crippen molar-refractivity contribution in [3.63, 3.8) is 0 Å². The number of hydrogen-bond acceptors (Lipinski definition) is 3. The second-order valence-corrected chi connectivity index (χ2v) is 4.11. The molecule has 0 heterocycles. The van der Waals surface area contributed by atoms with E-state index in [0.717, 1.165) is 17.7 Å². The van der Waals surface area contributed by atoms with Crippen LogP contribution in [0.5, 0.6) is 11.5 Å². The lowest BCUT2D eigenvalue weighted by Gasteiger charge is -2.17. The molecular weight excluding hydrogens is 238 g/mol. The topological polar surface area (TPSA) is 44.5 Å². The number of rotatable bonds is 6. The van der Waals surface area contributed by atoms with E-state index in [4.69, 9.17) is 26.8 Å². The molecule has 1 aromatic rings. The highest BCUT2D eigenvalue weighted by Crippen LogP contribution is 2.36. The minimum Gasteiger partial charge on any atom is -0.493 e. The van der Waals surface area contributed by atoms with Gasteiger partial charge in [0.05, 0.1) is 18.2 Å². The average Bonchev–Trinajstić information content (AvgIpc) is 2.32. The molecule has 0 aliphatic rings. The largest absolute Gasteiger partial charge is 0.493 e. The van der Waals surface area contributed by atoms with Crippen LogP contribution < -0.4 is 15.2 Å². The van der Waals surface area contributed by atoms with Gasteiger partial charge in [-0.1, -0.05) is 18.5 Å². The molecule has 0 spiro atoms. The lowest BCUT2D eigenvalue weighted by molar-refractivity contribution is 0.319. The van der Waals surface area contributed by atoms with Gasteiger partial charge in [0.15, 0.2) is 0 Å². The van der Waals surface area contributed by atoms with Crippen LogP contribution >= 0.6 is 11.6 Å². The van der Waals surface area contributed by atoms with E-state index < -0.39 is 0 Å². The molecule has 0 aliphatic heterocycles. The Balaban J connectivity index is 3.15. The molecule has 0 saturated heterocycles. The molecule has 1 atom stereocenters. The number of halogens is 1. The van der Waals surface area contributed by atoms with E-state index in [9.17, 15) is 0 Å². The first-order valence-electron chi connectivity index (χ1n) is 5.98. The maximum Gasteiger partial charge on any atom is 0.141 e. The Morgan fingerprint density at radius 3 is 2.24 bits per heavy atom. The average molecular weight is 258 g/mol. The molecule has 0 saturated carbocycles. The van der Waals surface area contributed by atoms with Crippen molar-refractivity contribution in [3.05, 3.63) is 22.7 Å². The molecule has 2 N–H and O–H groups in total. The van der Waals surface area contributed by atoms with Crippen molar-refractivity contribution in [2.24, 2.45) is 5.73 Å². The highest BCUT2D eigenvalue weighted by molar-refractivity contribution is 6.32. The Kier molecular flexibility index (Phi) is 5.59. The standard InChI is InChI=1S/C13H20ClNO2/c1-4-11(15)9-7-10(14)13(17-6-3)8-12(9)16-5-2/h7-8,11H,4-6,15H2,1-3H3. The zero-order chi connectivity index (χ0) is 12.8.